The highest BCUT2D eigenvalue weighted by Gasteiger charge is 2.02. The van der Waals surface area contributed by atoms with Crippen LogP contribution in [0.3, 0.4) is 0 Å². The van der Waals surface area contributed by atoms with Crippen LogP contribution in [0.15, 0.2) is 42.7 Å². The number of hydrogen-bond donors (Lipinski definition) is 1. The van der Waals surface area contributed by atoms with Crippen molar-refractivity contribution in [1.82, 2.24) is 4.98 Å². The molecule has 0 bridgehead atoms. The summed E-state index contributed by atoms with van der Waals surface area (Å²) in [5.41, 5.74) is 7.68. The molecule has 0 aliphatic carbocycles. The zero-order chi connectivity index (χ0) is 12.8. The van der Waals surface area contributed by atoms with Gasteiger partial charge in [-0.05, 0) is 29.3 Å². The van der Waals surface area contributed by atoms with Gasteiger partial charge in [-0.1, -0.05) is 23.7 Å². The van der Waals surface area contributed by atoms with Crippen molar-refractivity contribution in [3.05, 3.63) is 58.9 Å². The number of nitrogens with two attached hydrogens (primary N) is 1. The van der Waals surface area contributed by atoms with Crippen LogP contribution in [0.2, 0.25) is 5.02 Å². The van der Waals surface area contributed by atoms with Crippen molar-refractivity contribution >= 4 is 11.6 Å². The fourth-order valence-corrected chi connectivity index (χ4v) is 1.87. The SMILES string of the molecule is NCc1ccc(OCCc2cccnc2)c(Cl)c1. The molecule has 2 N–H and O–H groups in total. The fourth-order valence-electron chi connectivity index (χ4n) is 1.61. The Morgan fingerprint density at radius 3 is 2.78 bits per heavy atom. The second-order valence-electron chi connectivity index (χ2n) is 3.93. The number of aromatic nitrogens is 1. The van der Waals surface area contributed by atoms with Gasteiger partial charge in [-0.2, -0.15) is 0 Å². The van der Waals surface area contributed by atoms with Crippen molar-refractivity contribution in [1.29, 1.82) is 0 Å². The molecule has 1 aromatic heterocycles. The van der Waals surface area contributed by atoms with E-state index >= 15 is 0 Å². The molecule has 4 heteroatoms. The standard InChI is InChI=1S/C14H15ClN2O/c15-13-8-12(9-16)3-4-14(13)18-7-5-11-2-1-6-17-10-11/h1-4,6,8,10H,5,7,9,16H2. The predicted molar refractivity (Wildman–Crippen MR) is 72.8 cm³/mol. The number of ether oxygens (including phenoxy) is 1. The van der Waals surface area contributed by atoms with Crippen molar-refractivity contribution in [2.75, 3.05) is 6.61 Å². The molecule has 3 nitrogen and oxygen atoms in total. The maximum atomic E-state index is 6.10. The second kappa shape index (κ2) is 6.38. The Bertz CT molecular complexity index is 502. The third-order valence-corrected chi connectivity index (χ3v) is 2.90. The van der Waals surface area contributed by atoms with Gasteiger partial charge in [0.2, 0.25) is 0 Å². The molecule has 2 aromatic rings. The van der Waals surface area contributed by atoms with E-state index < -0.39 is 0 Å². The molecule has 18 heavy (non-hydrogen) atoms. The molecule has 0 fully saturated rings. The van der Waals surface area contributed by atoms with E-state index in [4.69, 9.17) is 22.1 Å². The van der Waals surface area contributed by atoms with Crippen LogP contribution in [0.1, 0.15) is 11.1 Å². The molecule has 0 spiro atoms. The lowest BCUT2D eigenvalue weighted by Crippen LogP contribution is -2.03. The van der Waals surface area contributed by atoms with Gasteiger partial charge in [0.1, 0.15) is 5.75 Å². The van der Waals surface area contributed by atoms with E-state index in [9.17, 15) is 0 Å². The van der Waals surface area contributed by atoms with Crippen LogP contribution in [0.4, 0.5) is 0 Å². The summed E-state index contributed by atoms with van der Waals surface area (Å²) in [6, 6.07) is 9.55. The van der Waals surface area contributed by atoms with E-state index in [-0.39, 0.29) is 0 Å². The molecule has 1 aromatic carbocycles. The Hall–Kier alpha value is -1.58. The predicted octanol–water partition coefficient (Wildman–Crippen LogP) is 2.82. The van der Waals surface area contributed by atoms with E-state index in [1.165, 1.54) is 0 Å². The molecule has 0 amide bonds. The number of pyridine rings is 1. The Morgan fingerprint density at radius 1 is 1.22 bits per heavy atom. The van der Waals surface area contributed by atoms with Gasteiger partial charge in [-0.25, -0.2) is 0 Å². The molecule has 0 aliphatic rings. The van der Waals surface area contributed by atoms with Crippen LogP contribution < -0.4 is 10.5 Å². The van der Waals surface area contributed by atoms with Gasteiger partial charge in [-0.3, -0.25) is 4.98 Å². The van der Waals surface area contributed by atoms with E-state index in [1.54, 1.807) is 6.20 Å². The highest BCUT2D eigenvalue weighted by Crippen LogP contribution is 2.25. The average molecular weight is 263 g/mol. The molecule has 0 saturated carbocycles. The zero-order valence-electron chi connectivity index (χ0n) is 9.97. The van der Waals surface area contributed by atoms with Gasteiger partial charge >= 0.3 is 0 Å². The smallest absolute Gasteiger partial charge is 0.137 e. The lowest BCUT2D eigenvalue weighted by atomic mass is 10.2. The Labute approximate surface area is 112 Å². The van der Waals surface area contributed by atoms with Gasteiger partial charge in [-0.15, -0.1) is 0 Å². The summed E-state index contributed by atoms with van der Waals surface area (Å²) in [6.07, 6.45) is 4.40. The molecule has 0 saturated heterocycles. The molecule has 0 unspecified atom stereocenters. The summed E-state index contributed by atoms with van der Waals surface area (Å²) in [5.74, 6) is 0.692. The summed E-state index contributed by atoms with van der Waals surface area (Å²) >= 11 is 6.10. The lowest BCUT2D eigenvalue weighted by molar-refractivity contribution is 0.322. The highest BCUT2D eigenvalue weighted by molar-refractivity contribution is 6.32. The molecule has 1 heterocycles. The minimum absolute atomic E-state index is 0.482. The Balaban J connectivity index is 1.91. The van der Waals surface area contributed by atoms with Crippen molar-refractivity contribution in [2.24, 2.45) is 5.73 Å². The van der Waals surface area contributed by atoms with Gasteiger partial charge < -0.3 is 10.5 Å². The van der Waals surface area contributed by atoms with Crippen LogP contribution in [-0.2, 0) is 13.0 Å². The second-order valence-corrected chi connectivity index (χ2v) is 4.34. The molecule has 0 aliphatic heterocycles. The van der Waals surface area contributed by atoms with Gasteiger partial charge in [0.05, 0.1) is 11.6 Å². The largest absolute Gasteiger partial charge is 0.492 e. The van der Waals surface area contributed by atoms with Crippen molar-refractivity contribution < 1.29 is 4.74 Å². The lowest BCUT2D eigenvalue weighted by Gasteiger charge is -2.09. The van der Waals surface area contributed by atoms with Crippen LogP contribution in [0, 0.1) is 0 Å². The minimum Gasteiger partial charge on any atom is -0.492 e. The number of nitrogens with zero attached hydrogens (tertiary/aromatic N) is 1. The van der Waals surface area contributed by atoms with Gasteiger partial charge in [0.15, 0.2) is 0 Å². The van der Waals surface area contributed by atoms with E-state index in [0.717, 1.165) is 17.5 Å². The normalized spacial score (nSPS) is 10.3. The van der Waals surface area contributed by atoms with E-state index in [2.05, 4.69) is 4.98 Å². The van der Waals surface area contributed by atoms with Gasteiger partial charge in [0, 0.05) is 25.4 Å². The summed E-state index contributed by atoms with van der Waals surface area (Å²) < 4.78 is 5.64. The first-order chi connectivity index (χ1) is 8.79. The van der Waals surface area contributed by atoms with Gasteiger partial charge in [0.25, 0.3) is 0 Å². The number of hydrogen-bond acceptors (Lipinski definition) is 3. The summed E-state index contributed by atoms with van der Waals surface area (Å²) in [4.78, 5) is 4.06. The quantitative estimate of drug-likeness (QED) is 0.901. The van der Waals surface area contributed by atoms with Crippen LogP contribution in [0.25, 0.3) is 0 Å². The first-order valence-electron chi connectivity index (χ1n) is 5.80. The summed E-state index contributed by atoms with van der Waals surface area (Å²) in [6.45, 7) is 1.06. The maximum absolute atomic E-state index is 6.10. The summed E-state index contributed by atoms with van der Waals surface area (Å²) in [5, 5.41) is 0.601. The maximum Gasteiger partial charge on any atom is 0.137 e. The monoisotopic (exact) mass is 262 g/mol. The van der Waals surface area contributed by atoms with Crippen molar-refractivity contribution in [2.45, 2.75) is 13.0 Å². The summed E-state index contributed by atoms with van der Waals surface area (Å²) in [7, 11) is 0. The van der Waals surface area contributed by atoms with E-state index in [1.807, 2.05) is 36.5 Å². The van der Waals surface area contributed by atoms with E-state index in [0.29, 0.717) is 23.9 Å². The first-order valence-corrected chi connectivity index (χ1v) is 6.17. The Morgan fingerprint density at radius 2 is 2.11 bits per heavy atom. The minimum atomic E-state index is 0.482. The Kier molecular flexibility index (Phi) is 4.56. The van der Waals surface area contributed by atoms with Crippen molar-refractivity contribution in [3.63, 3.8) is 0 Å². The van der Waals surface area contributed by atoms with Crippen LogP contribution >= 0.6 is 11.6 Å². The zero-order valence-corrected chi connectivity index (χ0v) is 10.7. The third-order valence-electron chi connectivity index (χ3n) is 2.60. The molecule has 0 radical (unpaired) electrons. The number of halogens is 1. The fraction of sp³-hybridized carbons (Fsp3) is 0.214. The molecule has 2 rings (SSSR count). The molecule has 0 atom stereocenters. The highest BCUT2D eigenvalue weighted by atomic mass is 35.5. The third kappa shape index (κ3) is 3.45. The number of rotatable bonds is 5. The molecular weight excluding hydrogens is 248 g/mol. The average Bonchev–Trinajstić information content (AvgIpc) is 2.42. The topological polar surface area (TPSA) is 48.1 Å². The van der Waals surface area contributed by atoms with Crippen molar-refractivity contribution in [3.8, 4) is 5.75 Å². The van der Waals surface area contributed by atoms with Crippen LogP contribution in [-0.4, -0.2) is 11.6 Å². The molecular formula is C14H15ClN2O. The first kappa shape index (κ1) is 12.9. The number of benzene rings is 1. The van der Waals surface area contributed by atoms with Crippen LogP contribution in [0.5, 0.6) is 5.75 Å². The molecule has 94 valence electrons.